The molecule has 0 aliphatic heterocycles. The van der Waals surface area contributed by atoms with Crippen LogP contribution >= 0.6 is 0 Å². The molecular weight excluding hydrogens is 200 g/mol. The zero-order valence-electron chi connectivity index (χ0n) is 9.07. The van der Waals surface area contributed by atoms with Crippen molar-refractivity contribution in [1.29, 1.82) is 0 Å². The smallest absolute Gasteiger partial charge is 0.310 e. The average Bonchev–Trinajstić information content (AvgIpc) is 2.67. The molecule has 1 aromatic carbocycles. The second-order valence-corrected chi connectivity index (χ2v) is 4.62. The number of hydrogen-bond acceptors (Lipinski definition) is 1. The fraction of sp³-hybridized carbons (Fsp3) is 0.357. The van der Waals surface area contributed by atoms with Crippen molar-refractivity contribution in [3.05, 3.63) is 41.0 Å². The normalized spacial score (nSPS) is 22.9. The van der Waals surface area contributed by atoms with E-state index in [1.54, 1.807) is 0 Å². The molecule has 1 N–H and O–H groups in total. The van der Waals surface area contributed by atoms with Crippen LogP contribution in [0.4, 0.5) is 0 Å². The van der Waals surface area contributed by atoms with Gasteiger partial charge in [-0.3, -0.25) is 4.79 Å². The number of aliphatic carboxylic acids is 1. The second kappa shape index (κ2) is 3.48. The van der Waals surface area contributed by atoms with Gasteiger partial charge in [0.05, 0.1) is 5.92 Å². The summed E-state index contributed by atoms with van der Waals surface area (Å²) in [5, 5.41) is 9.23. The van der Waals surface area contributed by atoms with Gasteiger partial charge in [0, 0.05) is 0 Å². The highest BCUT2D eigenvalue weighted by atomic mass is 16.4. The van der Waals surface area contributed by atoms with Crippen LogP contribution in [-0.4, -0.2) is 11.1 Å². The van der Waals surface area contributed by atoms with Gasteiger partial charge in [-0.1, -0.05) is 24.3 Å². The molecule has 0 fully saturated rings. The summed E-state index contributed by atoms with van der Waals surface area (Å²) in [6.07, 6.45) is 3.71. The van der Waals surface area contributed by atoms with Crippen LogP contribution in [0.2, 0.25) is 0 Å². The molecule has 0 heterocycles. The Morgan fingerprint density at radius 1 is 1.31 bits per heavy atom. The summed E-state index contributed by atoms with van der Waals surface area (Å²) in [5.41, 5.74) is 5.08. The minimum atomic E-state index is -0.653. The highest BCUT2D eigenvalue weighted by Gasteiger charge is 2.33. The Kier molecular flexibility index (Phi) is 2.10. The van der Waals surface area contributed by atoms with Gasteiger partial charge in [-0.15, -0.1) is 0 Å². The Balaban J connectivity index is 2.08. The first-order chi connectivity index (χ1) is 7.77. The number of benzene rings is 1. The van der Waals surface area contributed by atoms with Gasteiger partial charge in [-0.05, 0) is 48.0 Å². The lowest BCUT2D eigenvalue weighted by atomic mass is 9.83. The highest BCUT2D eigenvalue weighted by molar-refractivity contribution is 5.85. The van der Waals surface area contributed by atoms with E-state index in [0.717, 1.165) is 25.7 Å². The van der Waals surface area contributed by atoms with E-state index in [2.05, 4.69) is 12.1 Å². The standard InChI is InChI=1S/C14H14O2/c15-14(16)12-7-3-6-11-10-5-2-1-4-9(10)8-13(11)12/h1-2,4-5,12H,3,6-8H2,(H,15,16). The SMILES string of the molecule is O=C(O)C1CCCC2=C1Cc1ccccc12. The lowest BCUT2D eigenvalue weighted by Gasteiger charge is -2.21. The van der Waals surface area contributed by atoms with E-state index in [4.69, 9.17) is 0 Å². The monoisotopic (exact) mass is 214 g/mol. The van der Waals surface area contributed by atoms with Crippen LogP contribution in [0.25, 0.3) is 5.57 Å². The zero-order valence-corrected chi connectivity index (χ0v) is 9.07. The van der Waals surface area contributed by atoms with Gasteiger partial charge < -0.3 is 5.11 Å². The first-order valence-electron chi connectivity index (χ1n) is 5.80. The molecule has 0 radical (unpaired) electrons. The third kappa shape index (κ3) is 1.29. The summed E-state index contributed by atoms with van der Waals surface area (Å²) in [6.45, 7) is 0. The van der Waals surface area contributed by atoms with E-state index in [1.807, 2.05) is 12.1 Å². The molecule has 16 heavy (non-hydrogen) atoms. The fourth-order valence-corrected chi connectivity index (χ4v) is 3.01. The molecule has 82 valence electrons. The fourth-order valence-electron chi connectivity index (χ4n) is 3.01. The van der Waals surface area contributed by atoms with Gasteiger partial charge in [0.25, 0.3) is 0 Å². The topological polar surface area (TPSA) is 37.3 Å². The van der Waals surface area contributed by atoms with Crippen LogP contribution < -0.4 is 0 Å². The van der Waals surface area contributed by atoms with Crippen molar-refractivity contribution in [3.8, 4) is 0 Å². The van der Waals surface area contributed by atoms with Crippen LogP contribution in [-0.2, 0) is 11.2 Å². The average molecular weight is 214 g/mol. The molecular formula is C14H14O2. The molecule has 2 aliphatic carbocycles. The molecule has 0 amide bonds. The predicted octanol–water partition coefficient (Wildman–Crippen LogP) is 2.88. The molecule has 0 saturated carbocycles. The van der Waals surface area contributed by atoms with Crippen molar-refractivity contribution in [2.45, 2.75) is 25.7 Å². The summed E-state index contributed by atoms with van der Waals surface area (Å²) >= 11 is 0. The minimum absolute atomic E-state index is 0.240. The summed E-state index contributed by atoms with van der Waals surface area (Å²) in [7, 11) is 0. The van der Waals surface area contributed by atoms with Crippen LogP contribution in [0, 0.1) is 5.92 Å². The molecule has 3 rings (SSSR count). The van der Waals surface area contributed by atoms with Crippen molar-refractivity contribution in [3.63, 3.8) is 0 Å². The molecule has 1 unspecified atom stereocenters. The van der Waals surface area contributed by atoms with Gasteiger partial charge >= 0.3 is 5.97 Å². The third-order valence-corrected chi connectivity index (χ3v) is 3.75. The molecule has 0 spiro atoms. The number of carboxylic acids is 1. The summed E-state index contributed by atoms with van der Waals surface area (Å²) in [6, 6.07) is 8.32. The number of rotatable bonds is 1. The Morgan fingerprint density at radius 3 is 2.94 bits per heavy atom. The quantitative estimate of drug-likeness (QED) is 0.780. The maximum absolute atomic E-state index is 11.2. The number of carboxylic acid groups (broad SMARTS) is 1. The van der Waals surface area contributed by atoms with Crippen LogP contribution in [0.15, 0.2) is 29.8 Å². The van der Waals surface area contributed by atoms with Crippen LogP contribution in [0.3, 0.4) is 0 Å². The Bertz CT molecular complexity index is 485. The Hall–Kier alpha value is -1.57. The molecule has 2 aliphatic rings. The second-order valence-electron chi connectivity index (χ2n) is 4.62. The maximum Gasteiger partial charge on any atom is 0.310 e. The molecule has 1 aromatic rings. The Morgan fingerprint density at radius 2 is 2.12 bits per heavy atom. The molecule has 2 heteroatoms. The lowest BCUT2D eigenvalue weighted by molar-refractivity contribution is -0.140. The first kappa shape index (κ1) is 9.64. The number of carbonyl (C=O) groups is 1. The molecule has 1 atom stereocenters. The van der Waals surface area contributed by atoms with Crippen molar-refractivity contribution in [1.82, 2.24) is 0 Å². The van der Waals surface area contributed by atoms with Crippen molar-refractivity contribution < 1.29 is 9.90 Å². The number of fused-ring (bicyclic) bond motifs is 2. The summed E-state index contributed by atoms with van der Waals surface area (Å²) in [4.78, 5) is 11.2. The maximum atomic E-state index is 11.2. The largest absolute Gasteiger partial charge is 0.481 e. The van der Waals surface area contributed by atoms with E-state index in [9.17, 15) is 9.90 Å². The van der Waals surface area contributed by atoms with Gasteiger partial charge in [0.15, 0.2) is 0 Å². The lowest BCUT2D eigenvalue weighted by Crippen LogP contribution is -2.19. The molecule has 0 aromatic heterocycles. The van der Waals surface area contributed by atoms with E-state index >= 15 is 0 Å². The first-order valence-corrected chi connectivity index (χ1v) is 5.80. The Labute approximate surface area is 94.6 Å². The van der Waals surface area contributed by atoms with Crippen LogP contribution in [0.1, 0.15) is 30.4 Å². The van der Waals surface area contributed by atoms with Gasteiger partial charge in [0.1, 0.15) is 0 Å². The van der Waals surface area contributed by atoms with E-state index in [-0.39, 0.29) is 5.92 Å². The van der Waals surface area contributed by atoms with Gasteiger partial charge in [0.2, 0.25) is 0 Å². The van der Waals surface area contributed by atoms with Crippen molar-refractivity contribution >= 4 is 11.5 Å². The minimum Gasteiger partial charge on any atom is -0.481 e. The predicted molar refractivity (Wildman–Crippen MR) is 62.0 cm³/mol. The van der Waals surface area contributed by atoms with E-state index in [1.165, 1.54) is 22.3 Å². The van der Waals surface area contributed by atoms with Gasteiger partial charge in [-0.2, -0.15) is 0 Å². The van der Waals surface area contributed by atoms with Gasteiger partial charge in [-0.25, -0.2) is 0 Å². The van der Waals surface area contributed by atoms with Crippen molar-refractivity contribution in [2.75, 3.05) is 0 Å². The number of allylic oxidation sites excluding steroid dienone is 1. The molecule has 0 saturated heterocycles. The summed E-state index contributed by atoms with van der Waals surface area (Å²) in [5.74, 6) is -0.892. The van der Waals surface area contributed by atoms with Crippen molar-refractivity contribution in [2.24, 2.45) is 5.92 Å². The highest BCUT2D eigenvalue weighted by Crippen LogP contribution is 2.44. The molecule has 2 nitrogen and oxygen atoms in total. The number of hydrogen-bond donors (Lipinski definition) is 1. The third-order valence-electron chi connectivity index (χ3n) is 3.75. The van der Waals surface area contributed by atoms with E-state index < -0.39 is 5.97 Å². The molecule has 0 bridgehead atoms. The van der Waals surface area contributed by atoms with E-state index in [0.29, 0.717) is 0 Å². The summed E-state index contributed by atoms with van der Waals surface area (Å²) < 4.78 is 0. The van der Waals surface area contributed by atoms with Crippen LogP contribution in [0.5, 0.6) is 0 Å². The zero-order chi connectivity index (χ0) is 11.1.